The first-order valence-corrected chi connectivity index (χ1v) is 7.23. The Morgan fingerprint density at radius 2 is 2.00 bits per heavy atom. The molecule has 0 spiro atoms. The van der Waals surface area contributed by atoms with Crippen molar-refractivity contribution in [1.29, 1.82) is 0 Å². The lowest BCUT2D eigenvalue weighted by atomic mass is 10.1. The van der Waals surface area contributed by atoms with Gasteiger partial charge in [0.15, 0.2) is 0 Å². The maximum Gasteiger partial charge on any atom is 0.129 e. The van der Waals surface area contributed by atoms with Gasteiger partial charge in [-0.1, -0.05) is 0 Å². The van der Waals surface area contributed by atoms with Crippen LogP contribution >= 0.6 is 0 Å². The summed E-state index contributed by atoms with van der Waals surface area (Å²) in [6, 6.07) is 3.14. The molecule has 20 heavy (non-hydrogen) atoms. The maximum atomic E-state index is 13.4. The van der Waals surface area contributed by atoms with Crippen molar-refractivity contribution < 1.29 is 13.9 Å². The van der Waals surface area contributed by atoms with Crippen LogP contribution in [0.5, 0.6) is 0 Å². The summed E-state index contributed by atoms with van der Waals surface area (Å²) in [5, 5.41) is 12.9. The van der Waals surface area contributed by atoms with Gasteiger partial charge < -0.3 is 15.3 Å². The monoisotopic (exact) mass is 284 g/mol. The van der Waals surface area contributed by atoms with E-state index < -0.39 is 17.7 Å². The van der Waals surface area contributed by atoms with Crippen molar-refractivity contribution in [3.05, 3.63) is 35.4 Å². The minimum absolute atomic E-state index is 0.0112. The van der Waals surface area contributed by atoms with Crippen molar-refractivity contribution in [2.45, 2.75) is 25.4 Å². The Bertz CT molecular complexity index is 422. The third-order valence-corrected chi connectivity index (χ3v) is 3.68. The minimum atomic E-state index is -1.02. The predicted molar refractivity (Wildman–Crippen MR) is 74.5 cm³/mol. The lowest BCUT2D eigenvalue weighted by molar-refractivity contribution is 0.169. The van der Waals surface area contributed by atoms with Gasteiger partial charge in [-0.2, -0.15) is 0 Å². The Morgan fingerprint density at radius 3 is 2.75 bits per heavy atom. The predicted octanol–water partition coefficient (Wildman–Crippen LogP) is 2.07. The Labute approximate surface area is 118 Å². The summed E-state index contributed by atoms with van der Waals surface area (Å²) in [5.74, 6) is -1.10. The van der Waals surface area contributed by atoms with Crippen molar-refractivity contribution in [2.24, 2.45) is 0 Å². The molecule has 2 rings (SSSR count). The highest BCUT2D eigenvalue weighted by molar-refractivity contribution is 5.21. The Balaban J connectivity index is 1.66. The van der Waals surface area contributed by atoms with E-state index in [0.29, 0.717) is 0 Å². The van der Waals surface area contributed by atoms with Crippen LogP contribution in [0, 0.1) is 11.6 Å². The molecule has 1 aliphatic rings. The molecule has 1 heterocycles. The summed E-state index contributed by atoms with van der Waals surface area (Å²) in [4.78, 5) is 2.42. The number of rotatable bonds is 7. The molecule has 1 aromatic rings. The highest BCUT2D eigenvalue weighted by Gasteiger charge is 2.14. The van der Waals surface area contributed by atoms with Crippen LogP contribution in [0.3, 0.4) is 0 Å². The number of aliphatic hydroxyl groups is 1. The first-order valence-electron chi connectivity index (χ1n) is 7.23. The molecule has 0 bridgehead atoms. The second-order valence-corrected chi connectivity index (χ2v) is 5.29. The van der Waals surface area contributed by atoms with Gasteiger partial charge in [0.05, 0.1) is 6.10 Å². The van der Waals surface area contributed by atoms with E-state index in [1.165, 1.54) is 25.9 Å². The smallest absolute Gasteiger partial charge is 0.129 e. The number of likely N-dealkylation sites (tertiary alicyclic amines) is 1. The third kappa shape index (κ3) is 4.51. The summed E-state index contributed by atoms with van der Waals surface area (Å²) in [7, 11) is 0. The van der Waals surface area contributed by atoms with E-state index in [9.17, 15) is 13.9 Å². The van der Waals surface area contributed by atoms with E-state index in [1.807, 2.05) is 0 Å². The van der Waals surface area contributed by atoms with Crippen molar-refractivity contribution in [2.75, 3.05) is 32.7 Å². The second kappa shape index (κ2) is 7.67. The molecule has 112 valence electrons. The molecule has 0 saturated carbocycles. The fourth-order valence-corrected chi connectivity index (χ4v) is 2.55. The molecule has 3 nitrogen and oxygen atoms in total. The number of benzene rings is 1. The number of hydrogen-bond acceptors (Lipinski definition) is 3. The SMILES string of the molecule is OC(CNCCCN1CCCC1)c1cc(F)ccc1F. The summed E-state index contributed by atoms with van der Waals surface area (Å²) in [6.07, 6.45) is 2.55. The van der Waals surface area contributed by atoms with Crippen LogP contribution in [0.15, 0.2) is 18.2 Å². The van der Waals surface area contributed by atoms with Crippen LogP contribution in [-0.2, 0) is 0 Å². The first-order chi connectivity index (χ1) is 9.66. The van der Waals surface area contributed by atoms with Crippen LogP contribution in [-0.4, -0.2) is 42.7 Å². The zero-order valence-electron chi connectivity index (χ0n) is 11.6. The van der Waals surface area contributed by atoms with Gasteiger partial charge in [0.25, 0.3) is 0 Å². The van der Waals surface area contributed by atoms with Crippen LogP contribution in [0.1, 0.15) is 30.9 Å². The van der Waals surface area contributed by atoms with E-state index in [-0.39, 0.29) is 12.1 Å². The molecule has 0 aliphatic carbocycles. The van der Waals surface area contributed by atoms with Crippen molar-refractivity contribution >= 4 is 0 Å². The number of hydrogen-bond donors (Lipinski definition) is 2. The van der Waals surface area contributed by atoms with E-state index >= 15 is 0 Å². The first kappa shape index (κ1) is 15.4. The zero-order valence-corrected chi connectivity index (χ0v) is 11.6. The van der Waals surface area contributed by atoms with Gasteiger partial charge in [-0.3, -0.25) is 0 Å². The Kier molecular flexibility index (Phi) is 5.88. The normalized spacial score (nSPS) is 17.6. The molecule has 1 aliphatic heterocycles. The largest absolute Gasteiger partial charge is 0.387 e. The van der Waals surface area contributed by atoms with Crippen molar-refractivity contribution in [3.63, 3.8) is 0 Å². The molecule has 1 fully saturated rings. The zero-order chi connectivity index (χ0) is 14.4. The number of nitrogens with one attached hydrogen (secondary N) is 1. The van der Waals surface area contributed by atoms with Gasteiger partial charge in [-0.05, 0) is 63.6 Å². The maximum absolute atomic E-state index is 13.4. The van der Waals surface area contributed by atoms with Crippen molar-refractivity contribution in [1.82, 2.24) is 10.2 Å². The van der Waals surface area contributed by atoms with E-state index in [1.54, 1.807) is 0 Å². The highest BCUT2D eigenvalue weighted by Crippen LogP contribution is 2.17. The molecule has 1 unspecified atom stereocenters. The molecule has 1 aromatic carbocycles. The molecule has 1 atom stereocenters. The standard InChI is InChI=1S/C15H22F2N2O/c16-12-4-5-14(17)13(10-12)15(20)11-18-6-3-9-19-7-1-2-8-19/h4-5,10,15,18,20H,1-3,6-9,11H2. The van der Waals surface area contributed by atoms with E-state index in [2.05, 4.69) is 10.2 Å². The fourth-order valence-electron chi connectivity index (χ4n) is 2.55. The average Bonchev–Trinajstić information content (AvgIpc) is 2.94. The summed E-state index contributed by atoms with van der Waals surface area (Å²) in [6.45, 7) is 4.41. The van der Waals surface area contributed by atoms with Gasteiger partial charge in [0, 0.05) is 12.1 Å². The Hall–Kier alpha value is -1.04. The average molecular weight is 284 g/mol. The van der Waals surface area contributed by atoms with Crippen LogP contribution < -0.4 is 5.32 Å². The summed E-state index contributed by atoms with van der Waals surface area (Å²) in [5.41, 5.74) is 0.0112. The molecular formula is C15H22F2N2O. The Morgan fingerprint density at radius 1 is 1.25 bits per heavy atom. The molecule has 0 radical (unpaired) electrons. The molecular weight excluding hydrogens is 262 g/mol. The molecule has 5 heteroatoms. The lowest BCUT2D eigenvalue weighted by Crippen LogP contribution is -2.27. The van der Waals surface area contributed by atoms with Gasteiger partial charge in [0.1, 0.15) is 11.6 Å². The van der Waals surface area contributed by atoms with Gasteiger partial charge in [0.2, 0.25) is 0 Å². The van der Waals surface area contributed by atoms with Crippen molar-refractivity contribution in [3.8, 4) is 0 Å². The topological polar surface area (TPSA) is 35.5 Å². The molecule has 0 amide bonds. The molecule has 2 N–H and O–H groups in total. The number of halogens is 2. The van der Waals surface area contributed by atoms with Gasteiger partial charge in [-0.15, -0.1) is 0 Å². The van der Waals surface area contributed by atoms with E-state index in [0.717, 1.165) is 37.7 Å². The van der Waals surface area contributed by atoms with E-state index in [4.69, 9.17) is 0 Å². The quantitative estimate of drug-likeness (QED) is 0.753. The fraction of sp³-hybridized carbons (Fsp3) is 0.600. The van der Waals surface area contributed by atoms with Crippen LogP contribution in [0.4, 0.5) is 8.78 Å². The lowest BCUT2D eigenvalue weighted by Gasteiger charge is -2.16. The number of aliphatic hydroxyl groups excluding tert-OH is 1. The van der Waals surface area contributed by atoms with Crippen LogP contribution in [0.2, 0.25) is 0 Å². The summed E-state index contributed by atoms with van der Waals surface area (Å²) >= 11 is 0. The number of nitrogens with zero attached hydrogens (tertiary/aromatic N) is 1. The highest BCUT2D eigenvalue weighted by atomic mass is 19.1. The summed E-state index contributed by atoms with van der Waals surface area (Å²) < 4.78 is 26.5. The third-order valence-electron chi connectivity index (χ3n) is 3.68. The molecule has 0 aromatic heterocycles. The van der Waals surface area contributed by atoms with Gasteiger partial charge in [-0.25, -0.2) is 8.78 Å². The van der Waals surface area contributed by atoms with Crippen LogP contribution in [0.25, 0.3) is 0 Å². The minimum Gasteiger partial charge on any atom is -0.387 e. The molecule has 1 saturated heterocycles. The second-order valence-electron chi connectivity index (χ2n) is 5.29. The van der Waals surface area contributed by atoms with Gasteiger partial charge >= 0.3 is 0 Å².